The van der Waals surface area contributed by atoms with E-state index in [-0.39, 0.29) is 5.91 Å². The summed E-state index contributed by atoms with van der Waals surface area (Å²) in [5, 5.41) is 2.81. The minimum atomic E-state index is -0.418. The lowest BCUT2D eigenvalue weighted by atomic mass is 10.2. The monoisotopic (exact) mass is 355 g/mol. The lowest BCUT2D eigenvalue weighted by Gasteiger charge is -2.20. The van der Waals surface area contributed by atoms with Crippen LogP contribution in [0.15, 0.2) is 60.4 Å². The van der Waals surface area contributed by atoms with Gasteiger partial charge in [-0.1, -0.05) is 30.3 Å². The molecule has 3 rings (SSSR count). The maximum absolute atomic E-state index is 12.6. The van der Waals surface area contributed by atoms with Crippen LogP contribution in [0.4, 0.5) is 5.69 Å². The highest BCUT2D eigenvalue weighted by Crippen LogP contribution is 2.35. The fourth-order valence-electron chi connectivity index (χ4n) is 2.39. The van der Waals surface area contributed by atoms with Gasteiger partial charge in [0.05, 0.1) is 24.2 Å². The van der Waals surface area contributed by atoms with Crippen molar-refractivity contribution in [2.75, 3.05) is 24.8 Å². The quantitative estimate of drug-likeness (QED) is 0.850. The summed E-state index contributed by atoms with van der Waals surface area (Å²) in [5.41, 5.74) is 1.96. The molecule has 128 valence electrons. The Labute approximate surface area is 150 Å². The number of methoxy groups -OCH3 is 1. The van der Waals surface area contributed by atoms with Crippen LogP contribution in [0.5, 0.6) is 0 Å². The summed E-state index contributed by atoms with van der Waals surface area (Å²) in [6.07, 6.45) is 0. The van der Waals surface area contributed by atoms with Crippen molar-refractivity contribution in [3.63, 3.8) is 0 Å². The van der Waals surface area contributed by atoms with Crippen molar-refractivity contribution in [1.29, 1.82) is 0 Å². The second-order valence-corrected chi connectivity index (χ2v) is 6.35. The summed E-state index contributed by atoms with van der Waals surface area (Å²) in [6, 6.07) is 16.2. The van der Waals surface area contributed by atoms with Crippen molar-refractivity contribution < 1.29 is 19.1 Å². The summed E-state index contributed by atoms with van der Waals surface area (Å²) in [6.45, 7) is 0.491. The summed E-state index contributed by atoms with van der Waals surface area (Å²) < 4.78 is 10.3. The van der Waals surface area contributed by atoms with E-state index >= 15 is 0 Å². The number of thioether (sulfide) groups is 1. The molecule has 0 atom stereocenters. The first-order valence-corrected chi connectivity index (χ1v) is 8.72. The average molecular weight is 355 g/mol. The maximum atomic E-state index is 12.6. The van der Waals surface area contributed by atoms with Gasteiger partial charge in [0.15, 0.2) is 5.76 Å². The molecule has 2 aromatic rings. The zero-order valence-electron chi connectivity index (χ0n) is 13.7. The number of carbonyl (C=O) groups is 2. The van der Waals surface area contributed by atoms with Gasteiger partial charge >= 0.3 is 5.97 Å². The number of rotatable bonds is 4. The number of hydrogen-bond donors (Lipinski definition) is 1. The van der Waals surface area contributed by atoms with E-state index in [1.807, 2.05) is 30.3 Å². The zero-order chi connectivity index (χ0) is 17.6. The van der Waals surface area contributed by atoms with Crippen molar-refractivity contribution in [2.45, 2.75) is 0 Å². The predicted octanol–water partition coefficient (Wildman–Crippen LogP) is 3.54. The van der Waals surface area contributed by atoms with Gasteiger partial charge in [0.1, 0.15) is 0 Å². The van der Waals surface area contributed by atoms with Gasteiger partial charge in [-0.05, 0) is 29.8 Å². The van der Waals surface area contributed by atoms with Gasteiger partial charge in [0.25, 0.3) is 5.91 Å². The molecule has 1 amide bonds. The van der Waals surface area contributed by atoms with E-state index < -0.39 is 5.97 Å². The zero-order valence-corrected chi connectivity index (χ0v) is 14.5. The molecule has 5 nitrogen and oxygen atoms in total. The van der Waals surface area contributed by atoms with Gasteiger partial charge in [0, 0.05) is 11.4 Å². The molecule has 0 saturated heterocycles. The van der Waals surface area contributed by atoms with Crippen LogP contribution >= 0.6 is 11.8 Å². The van der Waals surface area contributed by atoms with E-state index in [1.54, 1.807) is 36.0 Å². The molecular weight excluding hydrogens is 338 g/mol. The highest BCUT2D eigenvalue weighted by molar-refractivity contribution is 8.08. The molecule has 1 heterocycles. The summed E-state index contributed by atoms with van der Waals surface area (Å²) in [4.78, 5) is 24.9. The second-order valence-electron chi connectivity index (χ2n) is 5.24. The van der Waals surface area contributed by atoms with Gasteiger partial charge in [-0.3, -0.25) is 4.79 Å². The minimum Gasteiger partial charge on any atom is -0.486 e. The first-order chi connectivity index (χ1) is 12.2. The summed E-state index contributed by atoms with van der Waals surface area (Å²) in [5.74, 6) is 0.393. The number of hydrogen-bond acceptors (Lipinski definition) is 5. The number of amides is 1. The number of benzene rings is 2. The highest BCUT2D eigenvalue weighted by atomic mass is 32.2. The topological polar surface area (TPSA) is 64.6 Å². The number of anilines is 1. The first kappa shape index (κ1) is 17.1. The lowest BCUT2D eigenvalue weighted by Crippen LogP contribution is -2.21. The van der Waals surface area contributed by atoms with Gasteiger partial charge < -0.3 is 14.8 Å². The Bertz CT molecular complexity index is 800. The predicted molar refractivity (Wildman–Crippen MR) is 98.2 cm³/mol. The molecule has 1 aliphatic heterocycles. The lowest BCUT2D eigenvalue weighted by molar-refractivity contribution is -0.115. The van der Waals surface area contributed by atoms with Crippen molar-refractivity contribution in [2.24, 2.45) is 0 Å². The van der Waals surface area contributed by atoms with Crippen LogP contribution in [0.25, 0.3) is 4.91 Å². The normalized spacial score (nSPS) is 13.8. The van der Waals surface area contributed by atoms with E-state index in [2.05, 4.69) is 10.1 Å². The van der Waals surface area contributed by atoms with Gasteiger partial charge in [-0.15, -0.1) is 11.8 Å². The van der Waals surface area contributed by atoms with Crippen LogP contribution in [0, 0.1) is 0 Å². The van der Waals surface area contributed by atoms with Crippen LogP contribution in [0.1, 0.15) is 15.9 Å². The molecule has 6 heteroatoms. The fraction of sp³-hybridized carbons (Fsp3) is 0.158. The third kappa shape index (κ3) is 4.03. The Balaban J connectivity index is 1.81. The van der Waals surface area contributed by atoms with E-state index in [4.69, 9.17) is 4.74 Å². The van der Waals surface area contributed by atoms with Crippen LogP contribution in [0.3, 0.4) is 0 Å². The van der Waals surface area contributed by atoms with Gasteiger partial charge in [-0.2, -0.15) is 0 Å². The van der Waals surface area contributed by atoms with Crippen molar-refractivity contribution in [3.05, 3.63) is 71.5 Å². The van der Waals surface area contributed by atoms with Crippen LogP contribution < -0.4 is 5.32 Å². The Morgan fingerprint density at radius 3 is 2.48 bits per heavy atom. The van der Waals surface area contributed by atoms with Gasteiger partial charge in [0.2, 0.25) is 0 Å². The van der Waals surface area contributed by atoms with E-state index in [0.717, 1.165) is 16.2 Å². The summed E-state index contributed by atoms with van der Waals surface area (Å²) in [7, 11) is 1.33. The molecule has 2 aromatic carbocycles. The molecule has 0 aliphatic carbocycles. The number of esters is 1. The Hall–Kier alpha value is -2.73. The van der Waals surface area contributed by atoms with E-state index in [9.17, 15) is 9.59 Å². The molecule has 0 fully saturated rings. The molecule has 0 spiro atoms. The number of ether oxygens (including phenoxy) is 2. The largest absolute Gasteiger partial charge is 0.486 e. The second kappa shape index (κ2) is 7.90. The average Bonchev–Trinajstić information content (AvgIpc) is 2.68. The van der Waals surface area contributed by atoms with Crippen molar-refractivity contribution in [3.8, 4) is 0 Å². The van der Waals surface area contributed by atoms with E-state index in [1.165, 1.54) is 7.11 Å². The third-order valence-corrected chi connectivity index (χ3v) is 4.67. The van der Waals surface area contributed by atoms with Crippen LogP contribution in [-0.2, 0) is 14.3 Å². The fourth-order valence-corrected chi connectivity index (χ4v) is 3.34. The molecule has 0 aromatic heterocycles. The Kier molecular flexibility index (Phi) is 5.40. The van der Waals surface area contributed by atoms with Crippen LogP contribution in [0.2, 0.25) is 0 Å². The highest BCUT2D eigenvalue weighted by Gasteiger charge is 2.23. The van der Waals surface area contributed by atoms with Crippen LogP contribution in [-0.4, -0.2) is 31.3 Å². The smallest absolute Gasteiger partial charge is 0.337 e. The molecule has 0 saturated carbocycles. The molecule has 0 bridgehead atoms. The maximum Gasteiger partial charge on any atom is 0.337 e. The van der Waals surface area contributed by atoms with Crippen molar-refractivity contribution in [1.82, 2.24) is 0 Å². The SMILES string of the molecule is COC(=O)c1ccc(NC(=O)C2=C(c3ccccc3)SCCO2)cc1. The molecular formula is C19H17NO4S. The number of nitrogens with one attached hydrogen (secondary N) is 1. The molecule has 25 heavy (non-hydrogen) atoms. The molecule has 1 aliphatic rings. The van der Waals surface area contributed by atoms with Gasteiger partial charge in [-0.25, -0.2) is 4.79 Å². The third-order valence-electron chi connectivity index (χ3n) is 3.59. The first-order valence-electron chi connectivity index (χ1n) is 7.74. The Morgan fingerprint density at radius 1 is 1.08 bits per heavy atom. The van der Waals surface area contributed by atoms with Crippen molar-refractivity contribution >= 4 is 34.2 Å². The molecule has 0 radical (unpaired) electrons. The molecule has 0 unspecified atom stereocenters. The minimum absolute atomic E-state index is 0.308. The summed E-state index contributed by atoms with van der Waals surface area (Å²) >= 11 is 1.61. The Morgan fingerprint density at radius 2 is 1.80 bits per heavy atom. The number of carbonyl (C=O) groups excluding carboxylic acids is 2. The standard InChI is InChI=1S/C19H17NO4S/c1-23-19(22)14-7-9-15(10-8-14)20-18(21)16-17(25-12-11-24-16)13-5-3-2-4-6-13/h2-10H,11-12H2,1H3,(H,20,21). The van der Waals surface area contributed by atoms with E-state index in [0.29, 0.717) is 23.6 Å². The molecule has 1 N–H and O–H groups in total.